The maximum Gasteiger partial charge on any atom is 0.326 e. The van der Waals surface area contributed by atoms with E-state index in [-0.39, 0.29) is 38.2 Å². The van der Waals surface area contributed by atoms with Crippen molar-refractivity contribution in [3.8, 4) is 0 Å². The highest BCUT2D eigenvalue weighted by molar-refractivity contribution is 5.96. The number of aliphatic hydroxyl groups is 2. The Hall–Kier alpha value is -5.59. The number of carboxylic acids is 1. The van der Waals surface area contributed by atoms with Gasteiger partial charge in [0.2, 0.25) is 29.5 Å². The lowest BCUT2D eigenvalue weighted by molar-refractivity contribution is -0.142. The highest BCUT2D eigenvalue weighted by atomic mass is 16.4. The summed E-state index contributed by atoms with van der Waals surface area (Å²) in [6.45, 7) is 0.0751. The lowest BCUT2D eigenvalue weighted by Crippen LogP contribution is -2.62. The van der Waals surface area contributed by atoms with Gasteiger partial charge in [0.1, 0.15) is 30.2 Å². The summed E-state index contributed by atoms with van der Waals surface area (Å²) >= 11 is 0. The predicted octanol–water partition coefficient (Wildman–Crippen LogP) is -3.42. The molecule has 0 saturated carbocycles. The Labute approximate surface area is 294 Å². The summed E-state index contributed by atoms with van der Waals surface area (Å²) < 4.78 is 0. The van der Waals surface area contributed by atoms with Gasteiger partial charge >= 0.3 is 5.97 Å². The Balaban J connectivity index is 2.24. The molecule has 0 aliphatic rings. The molecule has 0 spiro atoms. The number of benzene rings is 2. The van der Waals surface area contributed by atoms with Crippen LogP contribution in [0.2, 0.25) is 0 Å². The number of hydrogen-bond acceptors (Lipinski definition) is 10. The van der Waals surface area contributed by atoms with E-state index in [1.165, 1.54) is 6.92 Å². The van der Waals surface area contributed by atoms with E-state index < -0.39 is 85.0 Å². The fourth-order valence-electron chi connectivity index (χ4n) is 4.82. The van der Waals surface area contributed by atoms with Crippen molar-refractivity contribution in [3.05, 3.63) is 71.8 Å². The first-order chi connectivity index (χ1) is 24.2. The number of carbonyl (C=O) groups excluding carboxylic acids is 5. The minimum atomic E-state index is -1.62. The average molecular weight is 714 g/mol. The molecule has 51 heavy (non-hydrogen) atoms. The van der Waals surface area contributed by atoms with Gasteiger partial charge in [-0.1, -0.05) is 60.7 Å². The van der Waals surface area contributed by atoms with E-state index in [1.54, 1.807) is 60.7 Å². The number of nitrogens with two attached hydrogens (primary N) is 2. The number of aliphatic hydroxyl groups excluding tert-OH is 2. The number of carboxylic acid groups (broad SMARTS) is 1. The van der Waals surface area contributed by atoms with Crippen LogP contribution in [0.1, 0.15) is 30.9 Å². The first-order valence-electron chi connectivity index (χ1n) is 16.1. The van der Waals surface area contributed by atoms with Crippen LogP contribution in [-0.4, -0.2) is 113 Å². The van der Waals surface area contributed by atoms with Crippen LogP contribution in [0.3, 0.4) is 0 Å². The SMILES string of the molecule is C[C@@H](O)[C@H](NC(=O)[C@H](Cc1ccccc1)NC(=O)CN)C(=O)N[C@@H](Cc1ccccc1)C(=O)N[C@@H](CO)C(=O)N[C@@H](CCCNC(=N)N)C(=O)O. The summed E-state index contributed by atoms with van der Waals surface area (Å²) in [6.07, 6.45) is -1.41. The molecule has 0 aliphatic heterocycles. The first-order valence-corrected chi connectivity index (χ1v) is 16.1. The second kappa shape index (κ2) is 21.5. The van der Waals surface area contributed by atoms with Crippen LogP contribution in [0.5, 0.6) is 0 Å². The largest absolute Gasteiger partial charge is 0.480 e. The molecular formula is C33H47N9O9. The van der Waals surface area contributed by atoms with Crippen molar-refractivity contribution in [3.63, 3.8) is 0 Å². The zero-order valence-electron chi connectivity index (χ0n) is 28.1. The van der Waals surface area contributed by atoms with E-state index in [0.29, 0.717) is 11.1 Å². The van der Waals surface area contributed by atoms with Crippen LogP contribution >= 0.6 is 0 Å². The molecule has 0 heterocycles. The van der Waals surface area contributed by atoms with Crippen molar-refractivity contribution in [2.24, 2.45) is 11.5 Å². The summed E-state index contributed by atoms with van der Waals surface area (Å²) in [7, 11) is 0. The Bertz CT molecular complexity index is 1480. The quantitative estimate of drug-likeness (QED) is 0.0342. The molecule has 0 aliphatic carbocycles. The fraction of sp³-hybridized carbons (Fsp3) is 0.424. The van der Waals surface area contributed by atoms with Gasteiger partial charge in [0.15, 0.2) is 5.96 Å². The molecule has 6 atom stereocenters. The Morgan fingerprint density at radius 3 is 1.67 bits per heavy atom. The van der Waals surface area contributed by atoms with Gasteiger partial charge in [-0.3, -0.25) is 29.4 Å². The number of rotatable bonds is 21. The smallest absolute Gasteiger partial charge is 0.326 e. The van der Waals surface area contributed by atoms with Crippen LogP contribution < -0.4 is 43.4 Å². The van der Waals surface area contributed by atoms with Crippen LogP contribution in [0.25, 0.3) is 0 Å². The zero-order chi connectivity index (χ0) is 37.9. The van der Waals surface area contributed by atoms with Gasteiger partial charge < -0.3 is 58.7 Å². The summed E-state index contributed by atoms with van der Waals surface area (Å²) in [6, 6.07) is 9.95. The van der Waals surface area contributed by atoms with E-state index in [1.807, 2.05) is 0 Å². The Kier molecular flexibility index (Phi) is 17.5. The van der Waals surface area contributed by atoms with Gasteiger partial charge in [-0.15, -0.1) is 0 Å². The van der Waals surface area contributed by atoms with Crippen LogP contribution in [0.4, 0.5) is 0 Å². The van der Waals surface area contributed by atoms with E-state index in [0.717, 1.165) is 0 Å². The standard InChI is InChI=1S/C33H47N9O9/c1-19(44)27(42-29(47)23(38-26(45)17-34)15-20-9-4-2-5-10-20)31(49)40-24(16-21-11-6-3-7-12-21)28(46)41-25(18-43)30(48)39-22(32(50)51)13-8-14-37-33(35)36/h2-7,9-12,19,22-25,27,43-44H,8,13-18,34H2,1H3,(H,38,45)(H,39,48)(H,40,49)(H,41,46)(H,42,47)(H,50,51)(H4,35,36,37)/t19-,22+,23+,24+,25+,27+/m1/s1. The molecule has 0 fully saturated rings. The number of aliphatic carboxylic acids is 1. The molecule has 14 N–H and O–H groups in total. The van der Waals surface area contributed by atoms with Crippen molar-refractivity contribution < 1.29 is 44.1 Å². The molecule has 2 rings (SSSR count). The summed E-state index contributed by atoms with van der Waals surface area (Å²) in [5, 5.41) is 51.7. The normalized spacial score (nSPS) is 14.3. The van der Waals surface area contributed by atoms with Gasteiger partial charge in [0.05, 0.1) is 19.3 Å². The third-order valence-corrected chi connectivity index (χ3v) is 7.51. The van der Waals surface area contributed by atoms with E-state index in [4.69, 9.17) is 16.9 Å². The minimum Gasteiger partial charge on any atom is -0.480 e. The van der Waals surface area contributed by atoms with Crippen molar-refractivity contribution in [1.82, 2.24) is 31.9 Å². The average Bonchev–Trinajstić information content (AvgIpc) is 3.10. The third kappa shape index (κ3) is 14.8. The molecule has 0 bridgehead atoms. The Morgan fingerprint density at radius 1 is 0.725 bits per heavy atom. The molecular weight excluding hydrogens is 666 g/mol. The van der Waals surface area contributed by atoms with E-state index in [9.17, 15) is 44.1 Å². The molecule has 0 unspecified atom stereocenters. The third-order valence-electron chi connectivity index (χ3n) is 7.51. The molecule has 2 aromatic carbocycles. The fourth-order valence-corrected chi connectivity index (χ4v) is 4.82. The molecule has 5 amide bonds. The highest BCUT2D eigenvalue weighted by Crippen LogP contribution is 2.08. The van der Waals surface area contributed by atoms with Gasteiger partial charge in [0.25, 0.3) is 0 Å². The van der Waals surface area contributed by atoms with Gasteiger partial charge in [0, 0.05) is 19.4 Å². The topological polar surface area (TPSA) is 311 Å². The Morgan fingerprint density at radius 2 is 1.20 bits per heavy atom. The number of nitrogens with one attached hydrogen (secondary N) is 7. The second-order valence-electron chi connectivity index (χ2n) is 11.6. The number of carbonyl (C=O) groups is 6. The maximum absolute atomic E-state index is 13.6. The van der Waals surface area contributed by atoms with Crippen LogP contribution in [0, 0.1) is 5.41 Å². The summed E-state index contributed by atoms with van der Waals surface area (Å²) in [4.78, 5) is 77.3. The van der Waals surface area contributed by atoms with Crippen molar-refractivity contribution in [1.29, 1.82) is 5.41 Å². The van der Waals surface area contributed by atoms with E-state index >= 15 is 0 Å². The molecule has 0 saturated heterocycles. The molecule has 18 heteroatoms. The van der Waals surface area contributed by atoms with Gasteiger partial charge in [-0.25, -0.2) is 4.79 Å². The first kappa shape index (κ1) is 41.6. The second-order valence-corrected chi connectivity index (χ2v) is 11.6. The lowest BCUT2D eigenvalue weighted by Gasteiger charge is -2.27. The summed E-state index contributed by atoms with van der Waals surface area (Å²) in [5.41, 5.74) is 11.9. The van der Waals surface area contributed by atoms with Gasteiger partial charge in [-0.2, -0.15) is 0 Å². The minimum absolute atomic E-state index is 0.0360. The number of amides is 5. The van der Waals surface area contributed by atoms with E-state index in [2.05, 4.69) is 31.9 Å². The van der Waals surface area contributed by atoms with Crippen LogP contribution in [0.15, 0.2) is 60.7 Å². The van der Waals surface area contributed by atoms with Gasteiger partial charge in [-0.05, 0) is 30.9 Å². The zero-order valence-corrected chi connectivity index (χ0v) is 28.1. The molecule has 18 nitrogen and oxygen atoms in total. The lowest BCUT2D eigenvalue weighted by atomic mass is 10.0. The number of guanidine groups is 1. The van der Waals surface area contributed by atoms with Crippen LogP contribution in [-0.2, 0) is 41.6 Å². The molecule has 278 valence electrons. The predicted molar refractivity (Wildman–Crippen MR) is 185 cm³/mol. The molecule has 0 aromatic heterocycles. The molecule has 0 radical (unpaired) electrons. The summed E-state index contributed by atoms with van der Waals surface area (Å²) in [5.74, 6) is -6.06. The maximum atomic E-state index is 13.6. The molecule has 2 aromatic rings. The van der Waals surface area contributed by atoms with Crippen molar-refractivity contribution in [2.75, 3.05) is 19.7 Å². The van der Waals surface area contributed by atoms with Crippen molar-refractivity contribution >= 4 is 41.5 Å². The number of hydrogen-bond donors (Lipinski definition) is 12. The van der Waals surface area contributed by atoms with Crippen molar-refractivity contribution in [2.45, 2.75) is 68.9 Å². The highest BCUT2D eigenvalue weighted by Gasteiger charge is 2.34. The monoisotopic (exact) mass is 713 g/mol.